The lowest BCUT2D eigenvalue weighted by Gasteiger charge is -2.11. The van der Waals surface area contributed by atoms with Gasteiger partial charge >= 0.3 is 0 Å². The highest BCUT2D eigenvalue weighted by molar-refractivity contribution is 4.73. The van der Waals surface area contributed by atoms with Crippen molar-refractivity contribution in [3.63, 3.8) is 0 Å². The molecular formula is C13H26N2O3. The molecule has 0 rings (SSSR count). The summed E-state index contributed by atoms with van der Waals surface area (Å²) in [4.78, 5) is 0.510. The van der Waals surface area contributed by atoms with Crippen LogP contribution in [0.25, 0.3) is 0 Å². The molecular weight excluding hydrogens is 232 g/mol. The predicted molar refractivity (Wildman–Crippen MR) is 71.3 cm³/mol. The molecule has 0 saturated heterocycles. The van der Waals surface area contributed by atoms with E-state index in [1.165, 1.54) is 32.6 Å². The van der Waals surface area contributed by atoms with Crippen molar-refractivity contribution in [2.45, 2.75) is 58.1 Å². The first-order valence-electron chi connectivity index (χ1n) is 6.62. The maximum atomic E-state index is 11.4. The van der Waals surface area contributed by atoms with Gasteiger partial charge in [0.2, 0.25) is 6.20 Å². The lowest BCUT2D eigenvalue weighted by atomic mass is 10.1. The fourth-order valence-electron chi connectivity index (χ4n) is 1.48. The number of hydrogen-bond acceptors (Lipinski definition) is 4. The van der Waals surface area contributed by atoms with Crippen molar-refractivity contribution < 1.29 is 14.7 Å². The second-order valence-electron chi connectivity index (χ2n) is 4.42. The number of hydrogen-bond donors (Lipinski definition) is 1. The first-order valence-corrected chi connectivity index (χ1v) is 6.62. The molecule has 0 bridgehead atoms. The van der Waals surface area contributed by atoms with Gasteiger partial charge in [0.25, 0.3) is 0 Å². The smallest absolute Gasteiger partial charge is 0.205 e. The van der Waals surface area contributed by atoms with E-state index in [9.17, 15) is 10.3 Å². The van der Waals surface area contributed by atoms with E-state index in [1.54, 1.807) is 6.92 Å². The Morgan fingerprint density at radius 1 is 1.39 bits per heavy atom. The fraction of sp³-hybridized carbons (Fsp3) is 0.846. The predicted octanol–water partition coefficient (Wildman–Crippen LogP) is 2.83. The summed E-state index contributed by atoms with van der Waals surface area (Å²) in [5.41, 5.74) is 0. The van der Waals surface area contributed by atoms with E-state index in [0.29, 0.717) is 4.86 Å². The van der Waals surface area contributed by atoms with Crippen LogP contribution in [0.3, 0.4) is 0 Å². The maximum Gasteiger partial charge on any atom is 0.205 e. The molecule has 1 N–H and O–H groups in total. The van der Waals surface area contributed by atoms with Crippen molar-refractivity contribution in [3.8, 4) is 0 Å². The van der Waals surface area contributed by atoms with Gasteiger partial charge in [0.15, 0.2) is 6.04 Å². The van der Waals surface area contributed by atoms with Gasteiger partial charge in [-0.25, -0.2) is 0 Å². The zero-order valence-corrected chi connectivity index (χ0v) is 11.7. The molecule has 0 aromatic heterocycles. The van der Waals surface area contributed by atoms with Crippen molar-refractivity contribution in [1.29, 1.82) is 0 Å². The summed E-state index contributed by atoms with van der Waals surface area (Å²) in [6.45, 7) is 4.00. The van der Waals surface area contributed by atoms with Crippen molar-refractivity contribution >= 4 is 0 Å². The summed E-state index contributed by atoms with van der Waals surface area (Å²) in [5.74, 6) is 0. The van der Waals surface area contributed by atoms with Crippen molar-refractivity contribution in [1.82, 2.24) is 0 Å². The summed E-state index contributed by atoms with van der Waals surface area (Å²) >= 11 is 0. The van der Waals surface area contributed by atoms with Gasteiger partial charge in [-0.1, -0.05) is 31.0 Å². The summed E-state index contributed by atoms with van der Waals surface area (Å²) in [6, 6.07) is -0.516. The Labute approximate surface area is 110 Å². The summed E-state index contributed by atoms with van der Waals surface area (Å²) in [7, 11) is 1.52. The van der Waals surface area contributed by atoms with E-state index in [2.05, 4.69) is 12.0 Å². The number of methoxy groups -OCH3 is 1. The van der Waals surface area contributed by atoms with E-state index in [4.69, 9.17) is 4.74 Å². The lowest BCUT2D eigenvalue weighted by molar-refractivity contribution is -0.464. The summed E-state index contributed by atoms with van der Waals surface area (Å²) in [5, 5.41) is 24.6. The first-order chi connectivity index (χ1) is 8.61. The normalized spacial score (nSPS) is 16.1. The van der Waals surface area contributed by atoms with Crippen LogP contribution in [0.2, 0.25) is 0 Å². The third-order valence-corrected chi connectivity index (χ3v) is 2.61. The Balaban J connectivity index is 4.02. The highest BCUT2D eigenvalue weighted by Crippen LogP contribution is 2.04. The number of allylic oxidation sites excluding steroid dienone is 1. The zero-order chi connectivity index (χ0) is 13.8. The number of aliphatic hydroxyl groups is 1. The molecule has 0 radical (unpaired) electrons. The first kappa shape index (κ1) is 17.1. The molecule has 0 saturated carbocycles. The lowest BCUT2D eigenvalue weighted by Crippen LogP contribution is -2.27. The van der Waals surface area contributed by atoms with E-state index in [0.717, 1.165) is 12.8 Å². The number of nitrogens with zero attached hydrogens (tertiary/aromatic N) is 2. The van der Waals surface area contributed by atoms with Crippen LogP contribution >= 0.6 is 0 Å². The molecule has 2 atom stereocenters. The molecule has 0 aliphatic heterocycles. The molecule has 0 fully saturated rings. The molecule has 0 spiro atoms. The zero-order valence-electron chi connectivity index (χ0n) is 11.7. The maximum absolute atomic E-state index is 11.4. The van der Waals surface area contributed by atoms with Crippen LogP contribution in [-0.2, 0) is 4.74 Å². The molecule has 106 valence electrons. The average Bonchev–Trinajstić information content (AvgIpc) is 2.33. The summed E-state index contributed by atoms with van der Waals surface area (Å²) < 4.78 is 4.89. The highest BCUT2D eigenvalue weighted by Gasteiger charge is 2.17. The van der Waals surface area contributed by atoms with E-state index in [1.807, 2.05) is 6.08 Å². The Bertz CT molecular complexity index is 253. The van der Waals surface area contributed by atoms with Crippen LogP contribution in [0.5, 0.6) is 0 Å². The highest BCUT2D eigenvalue weighted by atomic mass is 16.5. The van der Waals surface area contributed by atoms with Crippen molar-refractivity contribution in [2.75, 3.05) is 13.7 Å². The number of rotatable bonds is 10. The molecule has 0 aromatic carbocycles. The van der Waals surface area contributed by atoms with Gasteiger partial charge in [-0.15, -0.1) is 0 Å². The summed E-state index contributed by atoms with van der Waals surface area (Å²) in [6.07, 6.45) is 8.14. The van der Waals surface area contributed by atoms with Gasteiger partial charge in [-0.05, 0) is 31.0 Å². The third kappa shape index (κ3) is 9.13. The minimum Gasteiger partial charge on any atom is -0.595 e. The Morgan fingerprint density at radius 3 is 2.67 bits per heavy atom. The minimum absolute atomic E-state index is 0.237. The van der Waals surface area contributed by atoms with E-state index in [-0.39, 0.29) is 6.61 Å². The van der Waals surface area contributed by atoms with Crippen LogP contribution < -0.4 is 0 Å². The molecule has 5 heteroatoms. The molecule has 0 heterocycles. The van der Waals surface area contributed by atoms with E-state index < -0.39 is 12.1 Å². The van der Waals surface area contributed by atoms with Crippen LogP contribution in [0.1, 0.15) is 46.0 Å². The molecule has 0 unspecified atom stereocenters. The fourth-order valence-corrected chi connectivity index (χ4v) is 1.48. The molecule has 0 amide bonds. The number of unbranched alkanes of at least 4 members (excludes halogenated alkanes) is 4. The Kier molecular flexibility index (Phi) is 10.6. The van der Waals surface area contributed by atoms with Gasteiger partial charge in [0.1, 0.15) is 0 Å². The molecule has 18 heavy (non-hydrogen) atoms. The minimum atomic E-state index is -0.695. The second-order valence-corrected chi connectivity index (χ2v) is 4.42. The van der Waals surface area contributed by atoms with Gasteiger partial charge in [-0.2, -0.15) is 0 Å². The molecule has 5 nitrogen and oxygen atoms in total. The average molecular weight is 258 g/mol. The van der Waals surface area contributed by atoms with Crippen LogP contribution in [0.4, 0.5) is 0 Å². The third-order valence-electron chi connectivity index (χ3n) is 2.61. The quantitative estimate of drug-likeness (QED) is 0.283. The largest absolute Gasteiger partial charge is 0.595 e. The van der Waals surface area contributed by atoms with Gasteiger partial charge in [-0.3, -0.25) is 0 Å². The topological polar surface area (TPSA) is 67.9 Å². The molecule has 0 aliphatic carbocycles. The van der Waals surface area contributed by atoms with Crippen molar-refractivity contribution in [2.24, 2.45) is 5.11 Å². The van der Waals surface area contributed by atoms with Gasteiger partial charge < -0.3 is 15.1 Å². The Hall–Kier alpha value is -0.940. The van der Waals surface area contributed by atoms with Gasteiger partial charge in [0.05, 0.1) is 12.7 Å². The number of ether oxygens (including phenoxy) is 1. The van der Waals surface area contributed by atoms with E-state index >= 15 is 0 Å². The van der Waals surface area contributed by atoms with Crippen LogP contribution in [0.15, 0.2) is 17.4 Å². The second kappa shape index (κ2) is 11.2. The number of azo groups is 1. The standard InChI is InChI=1S/C13H26N2O3/c1-4-5-6-7-8-9-10-15(17)14-13(11-18-3)12(2)16/h9-10,12-13,16H,4-8,11H2,1-3H3/t12-,13-/m0/s1. The molecule has 0 aromatic rings. The van der Waals surface area contributed by atoms with Crippen LogP contribution in [0, 0.1) is 5.21 Å². The van der Waals surface area contributed by atoms with Gasteiger partial charge in [0, 0.05) is 7.11 Å². The van der Waals surface area contributed by atoms with Crippen LogP contribution in [-0.4, -0.2) is 35.8 Å². The van der Waals surface area contributed by atoms with Crippen molar-refractivity contribution in [3.05, 3.63) is 17.5 Å². The Morgan fingerprint density at radius 2 is 2.11 bits per heavy atom. The SMILES string of the molecule is CCCCCCC=C[N+]([O-])=N[C@@H](COC)[C@H](C)O. The molecule has 0 aliphatic rings. The number of aliphatic hydroxyl groups excluding tert-OH is 1. The monoisotopic (exact) mass is 258 g/mol. The number of hydroxylamine groups is 1.